The molecular formula is C27H30N2O3. The number of methoxy groups -OCH3 is 1. The number of benzene rings is 3. The van der Waals surface area contributed by atoms with Crippen LogP contribution in [0.1, 0.15) is 27.0 Å². The molecule has 0 spiro atoms. The van der Waals surface area contributed by atoms with Gasteiger partial charge in [0.15, 0.2) is 0 Å². The zero-order valence-corrected chi connectivity index (χ0v) is 18.8. The number of aryl methyl sites for hydroxylation is 1. The van der Waals surface area contributed by atoms with Crippen LogP contribution in [0.4, 0.5) is 0 Å². The molecule has 0 unspecified atom stereocenters. The van der Waals surface area contributed by atoms with Crippen molar-refractivity contribution in [2.45, 2.75) is 20.1 Å². The molecule has 0 atom stereocenters. The number of nitrogens with zero attached hydrogens (tertiary/aromatic N) is 2. The summed E-state index contributed by atoms with van der Waals surface area (Å²) in [6.45, 7) is 6.80. The van der Waals surface area contributed by atoms with Gasteiger partial charge in [-0.1, -0.05) is 42.0 Å². The lowest BCUT2D eigenvalue weighted by Crippen LogP contribution is -2.48. The standard InChI is InChI=1S/C27H30N2O3/c1-21-3-5-22(6-4-21)19-28-15-17-29(18-16-28)27(30)24-9-7-23(8-10-24)20-32-26-13-11-25(31-2)12-14-26/h3-14H,15-20H2,1-2H3. The number of amides is 1. The zero-order chi connectivity index (χ0) is 22.3. The number of rotatable bonds is 7. The van der Waals surface area contributed by atoms with Gasteiger partial charge >= 0.3 is 0 Å². The van der Waals surface area contributed by atoms with E-state index in [0.29, 0.717) is 6.61 Å². The van der Waals surface area contributed by atoms with Crippen LogP contribution in [0.3, 0.4) is 0 Å². The molecule has 0 aliphatic carbocycles. The summed E-state index contributed by atoms with van der Waals surface area (Å²) in [5, 5.41) is 0. The van der Waals surface area contributed by atoms with Crippen molar-refractivity contribution >= 4 is 5.91 Å². The van der Waals surface area contributed by atoms with Crippen molar-refractivity contribution in [3.05, 3.63) is 95.1 Å². The van der Waals surface area contributed by atoms with Crippen LogP contribution in [-0.2, 0) is 13.2 Å². The van der Waals surface area contributed by atoms with Gasteiger partial charge in [0.25, 0.3) is 5.91 Å². The number of carbonyl (C=O) groups is 1. The molecule has 1 aliphatic rings. The zero-order valence-electron chi connectivity index (χ0n) is 18.8. The molecule has 1 saturated heterocycles. The molecule has 3 aromatic carbocycles. The van der Waals surface area contributed by atoms with Crippen molar-refractivity contribution in [3.63, 3.8) is 0 Å². The first-order valence-electron chi connectivity index (χ1n) is 11.0. The average molecular weight is 431 g/mol. The maximum absolute atomic E-state index is 12.9. The summed E-state index contributed by atoms with van der Waals surface area (Å²) in [6.07, 6.45) is 0. The maximum atomic E-state index is 12.9. The smallest absolute Gasteiger partial charge is 0.253 e. The average Bonchev–Trinajstić information content (AvgIpc) is 2.85. The van der Waals surface area contributed by atoms with Crippen molar-refractivity contribution < 1.29 is 14.3 Å². The lowest BCUT2D eigenvalue weighted by atomic mass is 10.1. The Bertz CT molecular complexity index is 1010. The van der Waals surface area contributed by atoms with E-state index in [1.54, 1.807) is 7.11 Å². The fourth-order valence-electron chi connectivity index (χ4n) is 3.83. The summed E-state index contributed by atoms with van der Waals surface area (Å²) in [6, 6.07) is 23.9. The lowest BCUT2D eigenvalue weighted by Gasteiger charge is -2.34. The minimum absolute atomic E-state index is 0.0996. The molecule has 0 radical (unpaired) electrons. The van der Waals surface area contributed by atoms with Gasteiger partial charge < -0.3 is 14.4 Å². The Morgan fingerprint density at radius 1 is 0.781 bits per heavy atom. The minimum atomic E-state index is 0.0996. The van der Waals surface area contributed by atoms with Gasteiger partial charge in [0, 0.05) is 38.3 Å². The van der Waals surface area contributed by atoms with Gasteiger partial charge in [0.05, 0.1) is 7.11 Å². The largest absolute Gasteiger partial charge is 0.497 e. The van der Waals surface area contributed by atoms with E-state index in [-0.39, 0.29) is 5.91 Å². The van der Waals surface area contributed by atoms with E-state index in [1.807, 2.05) is 53.4 Å². The molecule has 3 aromatic rings. The molecule has 0 aromatic heterocycles. The Kier molecular flexibility index (Phi) is 7.07. The Balaban J connectivity index is 1.25. The van der Waals surface area contributed by atoms with E-state index in [9.17, 15) is 4.79 Å². The molecule has 32 heavy (non-hydrogen) atoms. The van der Waals surface area contributed by atoms with Crippen LogP contribution < -0.4 is 9.47 Å². The first-order chi connectivity index (χ1) is 15.6. The molecule has 166 valence electrons. The molecule has 5 heteroatoms. The van der Waals surface area contributed by atoms with E-state index in [0.717, 1.165) is 55.3 Å². The quantitative estimate of drug-likeness (QED) is 0.552. The topological polar surface area (TPSA) is 42.0 Å². The third-order valence-corrected chi connectivity index (χ3v) is 5.85. The Labute approximate surface area is 190 Å². The summed E-state index contributed by atoms with van der Waals surface area (Å²) < 4.78 is 11.0. The van der Waals surface area contributed by atoms with Crippen LogP contribution in [0.5, 0.6) is 11.5 Å². The second-order valence-electron chi connectivity index (χ2n) is 8.22. The third-order valence-electron chi connectivity index (χ3n) is 5.85. The summed E-state index contributed by atoms with van der Waals surface area (Å²) in [4.78, 5) is 17.3. The lowest BCUT2D eigenvalue weighted by molar-refractivity contribution is 0.0628. The van der Waals surface area contributed by atoms with Crippen molar-refractivity contribution in [2.24, 2.45) is 0 Å². The SMILES string of the molecule is COc1ccc(OCc2ccc(C(=O)N3CCN(Cc4ccc(C)cc4)CC3)cc2)cc1. The molecule has 4 rings (SSSR count). The summed E-state index contributed by atoms with van der Waals surface area (Å²) in [5.74, 6) is 1.69. The van der Waals surface area contributed by atoms with Crippen molar-refractivity contribution in [1.82, 2.24) is 9.80 Å². The van der Waals surface area contributed by atoms with Crippen LogP contribution in [0.15, 0.2) is 72.8 Å². The Hall–Kier alpha value is -3.31. The number of piperazine rings is 1. The van der Waals surface area contributed by atoms with Gasteiger partial charge in [-0.05, 0) is 54.4 Å². The molecule has 0 bridgehead atoms. The van der Waals surface area contributed by atoms with Crippen LogP contribution >= 0.6 is 0 Å². The van der Waals surface area contributed by atoms with Gasteiger partial charge in [-0.15, -0.1) is 0 Å². The normalized spacial score (nSPS) is 14.2. The second-order valence-corrected chi connectivity index (χ2v) is 8.22. The maximum Gasteiger partial charge on any atom is 0.253 e. The molecule has 1 aliphatic heterocycles. The summed E-state index contributed by atoms with van der Waals surface area (Å²) in [5.41, 5.74) is 4.36. The predicted octanol–water partition coefficient (Wildman–Crippen LogP) is 4.54. The first kappa shape index (κ1) is 21.9. The van der Waals surface area contributed by atoms with Crippen molar-refractivity contribution in [1.29, 1.82) is 0 Å². The summed E-state index contributed by atoms with van der Waals surface area (Å²) >= 11 is 0. The number of hydrogen-bond donors (Lipinski definition) is 0. The van der Waals surface area contributed by atoms with Crippen LogP contribution in [0, 0.1) is 6.92 Å². The molecule has 0 saturated carbocycles. The molecule has 0 N–H and O–H groups in total. The number of hydrogen-bond acceptors (Lipinski definition) is 4. The number of carbonyl (C=O) groups excluding carboxylic acids is 1. The van der Waals surface area contributed by atoms with Crippen LogP contribution in [-0.4, -0.2) is 49.0 Å². The van der Waals surface area contributed by atoms with Gasteiger partial charge in [0.2, 0.25) is 0 Å². The minimum Gasteiger partial charge on any atom is -0.497 e. The van der Waals surface area contributed by atoms with Gasteiger partial charge in [-0.3, -0.25) is 9.69 Å². The molecule has 1 fully saturated rings. The van der Waals surface area contributed by atoms with Gasteiger partial charge in [0.1, 0.15) is 18.1 Å². The Morgan fingerprint density at radius 2 is 1.38 bits per heavy atom. The van der Waals surface area contributed by atoms with Gasteiger partial charge in [-0.25, -0.2) is 0 Å². The highest BCUT2D eigenvalue weighted by atomic mass is 16.5. The van der Waals surface area contributed by atoms with E-state index >= 15 is 0 Å². The molecule has 5 nitrogen and oxygen atoms in total. The van der Waals surface area contributed by atoms with Crippen molar-refractivity contribution in [3.8, 4) is 11.5 Å². The van der Waals surface area contributed by atoms with Gasteiger partial charge in [-0.2, -0.15) is 0 Å². The molecular weight excluding hydrogens is 400 g/mol. The first-order valence-corrected chi connectivity index (χ1v) is 11.0. The highest BCUT2D eigenvalue weighted by Gasteiger charge is 2.22. The second kappa shape index (κ2) is 10.3. The summed E-state index contributed by atoms with van der Waals surface area (Å²) in [7, 11) is 1.64. The monoisotopic (exact) mass is 430 g/mol. The fraction of sp³-hybridized carbons (Fsp3) is 0.296. The fourth-order valence-corrected chi connectivity index (χ4v) is 3.83. The molecule has 1 amide bonds. The highest BCUT2D eigenvalue weighted by molar-refractivity contribution is 5.94. The number of ether oxygens (including phenoxy) is 2. The van der Waals surface area contributed by atoms with Crippen LogP contribution in [0.2, 0.25) is 0 Å². The highest BCUT2D eigenvalue weighted by Crippen LogP contribution is 2.19. The van der Waals surface area contributed by atoms with E-state index < -0.39 is 0 Å². The Morgan fingerprint density at radius 3 is 2.00 bits per heavy atom. The third kappa shape index (κ3) is 5.68. The van der Waals surface area contributed by atoms with E-state index in [2.05, 4.69) is 36.1 Å². The predicted molar refractivity (Wildman–Crippen MR) is 126 cm³/mol. The van der Waals surface area contributed by atoms with E-state index in [4.69, 9.17) is 9.47 Å². The molecule has 1 heterocycles. The van der Waals surface area contributed by atoms with Crippen molar-refractivity contribution in [2.75, 3.05) is 33.3 Å². The van der Waals surface area contributed by atoms with Crippen LogP contribution in [0.25, 0.3) is 0 Å². The van der Waals surface area contributed by atoms with E-state index in [1.165, 1.54) is 11.1 Å².